The van der Waals surface area contributed by atoms with Crippen molar-refractivity contribution in [3.05, 3.63) is 77.6 Å². The molecule has 0 spiro atoms. The van der Waals surface area contributed by atoms with Crippen LogP contribution >= 0.6 is 0 Å². The van der Waals surface area contributed by atoms with Gasteiger partial charge >= 0.3 is 0 Å². The average molecular weight is 548 g/mol. The molecule has 0 aliphatic carbocycles. The highest BCUT2D eigenvalue weighted by Crippen LogP contribution is 2.25. The molecule has 0 bridgehead atoms. The van der Waals surface area contributed by atoms with Crippen molar-refractivity contribution in [1.82, 2.24) is 29.7 Å². The van der Waals surface area contributed by atoms with Gasteiger partial charge in [-0.1, -0.05) is 12.1 Å². The van der Waals surface area contributed by atoms with E-state index >= 15 is 8.78 Å². The number of amides is 1. The molecule has 1 atom stereocenters. The van der Waals surface area contributed by atoms with Crippen molar-refractivity contribution in [1.29, 1.82) is 0 Å². The summed E-state index contributed by atoms with van der Waals surface area (Å²) in [7, 11) is 0. The highest BCUT2D eigenvalue weighted by atomic mass is 19.1. The highest BCUT2D eigenvalue weighted by molar-refractivity contribution is 5.95. The number of aromatic nitrogens is 3. The molecule has 1 amide bonds. The number of fused-ring (bicyclic) bond motifs is 1. The number of nitrogens with zero attached hydrogens (tertiary/aromatic N) is 5. The SMILES string of the molecule is C[C@H]1CNCCN1Cc1ccc(Nc2ncc3ccn(-c4cc(F)c(C(=O)N5CCOCC5)c(F)c4)c3n2)cc1. The second kappa shape index (κ2) is 11.3. The summed E-state index contributed by atoms with van der Waals surface area (Å²) in [5.41, 5.74) is 2.20. The summed E-state index contributed by atoms with van der Waals surface area (Å²) in [5, 5.41) is 7.34. The van der Waals surface area contributed by atoms with Crippen LogP contribution in [0.2, 0.25) is 0 Å². The Morgan fingerprint density at radius 2 is 1.85 bits per heavy atom. The molecule has 11 heteroatoms. The lowest BCUT2D eigenvalue weighted by molar-refractivity contribution is 0.0296. The Morgan fingerprint density at radius 1 is 1.10 bits per heavy atom. The Kier molecular flexibility index (Phi) is 7.42. The van der Waals surface area contributed by atoms with Gasteiger partial charge in [0.15, 0.2) is 0 Å². The molecule has 40 heavy (non-hydrogen) atoms. The molecule has 4 heterocycles. The lowest BCUT2D eigenvalue weighted by atomic mass is 10.1. The van der Waals surface area contributed by atoms with Crippen molar-refractivity contribution in [2.45, 2.75) is 19.5 Å². The minimum Gasteiger partial charge on any atom is -0.378 e. The number of carbonyl (C=O) groups is 1. The number of anilines is 2. The number of rotatable bonds is 6. The topological polar surface area (TPSA) is 87.5 Å². The number of ether oxygens (including phenoxy) is 1. The minimum atomic E-state index is -0.920. The number of morpholine rings is 1. The van der Waals surface area contributed by atoms with Gasteiger partial charge in [0.05, 0.1) is 18.9 Å². The molecule has 4 aromatic rings. The predicted octanol–water partition coefficient (Wildman–Crippen LogP) is 3.71. The fraction of sp³-hybridized carbons (Fsp3) is 0.345. The van der Waals surface area contributed by atoms with Gasteiger partial charge in [0.2, 0.25) is 5.95 Å². The Labute approximate surface area is 230 Å². The van der Waals surface area contributed by atoms with Crippen LogP contribution in [0.25, 0.3) is 16.7 Å². The summed E-state index contributed by atoms with van der Waals surface area (Å²) in [4.78, 5) is 25.6. The summed E-state index contributed by atoms with van der Waals surface area (Å²) in [5.74, 6) is -2.16. The molecule has 2 N–H and O–H groups in total. The fourth-order valence-electron chi connectivity index (χ4n) is 5.19. The van der Waals surface area contributed by atoms with Gasteiger partial charge in [-0.15, -0.1) is 0 Å². The van der Waals surface area contributed by atoms with Crippen LogP contribution in [0.15, 0.2) is 54.9 Å². The van der Waals surface area contributed by atoms with Gasteiger partial charge in [0.1, 0.15) is 22.8 Å². The zero-order valence-electron chi connectivity index (χ0n) is 22.2. The zero-order chi connectivity index (χ0) is 27.6. The molecule has 0 radical (unpaired) electrons. The lowest BCUT2D eigenvalue weighted by Gasteiger charge is -2.33. The Hall–Kier alpha value is -3.93. The molecule has 0 saturated carbocycles. The van der Waals surface area contributed by atoms with E-state index in [1.807, 2.05) is 12.1 Å². The third-order valence-corrected chi connectivity index (χ3v) is 7.48. The van der Waals surface area contributed by atoms with Crippen LogP contribution in [0, 0.1) is 11.6 Å². The van der Waals surface area contributed by atoms with E-state index in [4.69, 9.17) is 4.74 Å². The van der Waals surface area contributed by atoms with Crippen LogP contribution in [0.5, 0.6) is 0 Å². The number of hydrogen-bond acceptors (Lipinski definition) is 7. The maximum absolute atomic E-state index is 15.1. The van der Waals surface area contributed by atoms with E-state index in [1.54, 1.807) is 23.0 Å². The molecule has 0 unspecified atom stereocenters. The van der Waals surface area contributed by atoms with E-state index in [0.29, 0.717) is 49.3 Å². The summed E-state index contributed by atoms with van der Waals surface area (Å²) in [6.45, 7) is 7.43. The van der Waals surface area contributed by atoms with Gasteiger partial charge in [0.25, 0.3) is 5.91 Å². The lowest BCUT2D eigenvalue weighted by Crippen LogP contribution is -2.49. The van der Waals surface area contributed by atoms with Crippen LogP contribution in [0.1, 0.15) is 22.8 Å². The molecule has 2 aliphatic rings. The first kappa shape index (κ1) is 26.3. The van der Waals surface area contributed by atoms with Crippen molar-refractivity contribution in [2.24, 2.45) is 0 Å². The number of halogens is 2. The quantitative estimate of drug-likeness (QED) is 0.381. The van der Waals surface area contributed by atoms with E-state index in [1.165, 1.54) is 10.5 Å². The van der Waals surface area contributed by atoms with Gasteiger partial charge in [-0.3, -0.25) is 9.69 Å². The molecule has 2 aromatic carbocycles. The third kappa shape index (κ3) is 5.40. The van der Waals surface area contributed by atoms with E-state index < -0.39 is 23.1 Å². The van der Waals surface area contributed by atoms with E-state index in [9.17, 15) is 4.79 Å². The second-order valence-corrected chi connectivity index (χ2v) is 10.2. The molecule has 2 fully saturated rings. The van der Waals surface area contributed by atoms with Crippen LogP contribution in [0.4, 0.5) is 20.4 Å². The summed E-state index contributed by atoms with van der Waals surface area (Å²) in [6.07, 6.45) is 3.33. The standard InChI is InChI=1S/C29H31F2N7O2/c1-19-16-32-7-9-37(19)18-20-2-4-22(5-3-20)34-29-33-17-21-6-8-38(27(21)35-29)23-14-24(30)26(25(31)15-23)28(39)36-10-12-40-13-11-36/h2-6,8,14-15,17,19,32H,7,9-13,16,18H2,1H3,(H,33,34,35)/t19-/m0/s1. The molecule has 208 valence electrons. The van der Waals surface area contributed by atoms with Crippen molar-refractivity contribution < 1.29 is 18.3 Å². The van der Waals surface area contributed by atoms with Gasteiger partial charge < -0.3 is 24.8 Å². The predicted molar refractivity (Wildman–Crippen MR) is 148 cm³/mol. The second-order valence-electron chi connectivity index (χ2n) is 10.2. The van der Waals surface area contributed by atoms with Crippen molar-refractivity contribution in [2.75, 3.05) is 51.3 Å². The number of benzene rings is 2. The molecule has 6 rings (SSSR count). The first-order valence-corrected chi connectivity index (χ1v) is 13.5. The van der Waals surface area contributed by atoms with E-state index in [2.05, 4.69) is 44.6 Å². The molecule has 9 nitrogen and oxygen atoms in total. The maximum Gasteiger partial charge on any atom is 0.259 e. The van der Waals surface area contributed by atoms with Crippen LogP contribution in [-0.4, -0.2) is 82.2 Å². The van der Waals surface area contributed by atoms with Crippen LogP contribution in [-0.2, 0) is 11.3 Å². The summed E-state index contributed by atoms with van der Waals surface area (Å²) in [6, 6.07) is 12.7. The molecule has 2 saturated heterocycles. The third-order valence-electron chi connectivity index (χ3n) is 7.48. The molecule has 2 aromatic heterocycles. The van der Waals surface area contributed by atoms with Gasteiger partial charge in [-0.2, -0.15) is 4.98 Å². The number of nitrogens with one attached hydrogen (secondary N) is 2. The Morgan fingerprint density at radius 3 is 2.58 bits per heavy atom. The first-order valence-electron chi connectivity index (χ1n) is 13.5. The van der Waals surface area contributed by atoms with E-state index in [-0.39, 0.29) is 5.69 Å². The van der Waals surface area contributed by atoms with Gasteiger partial charge in [-0.05, 0) is 42.8 Å². The summed E-state index contributed by atoms with van der Waals surface area (Å²) >= 11 is 0. The monoisotopic (exact) mass is 547 g/mol. The normalized spacial score (nSPS) is 18.3. The average Bonchev–Trinajstić information content (AvgIpc) is 3.39. The van der Waals surface area contributed by atoms with Gasteiger partial charge in [-0.25, -0.2) is 13.8 Å². The number of hydrogen-bond donors (Lipinski definition) is 2. The largest absolute Gasteiger partial charge is 0.378 e. The molecule has 2 aliphatic heterocycles. The van der Waals surface area contributed by atoms with E-state index in [0.717, 1.165) is 44.0 Å². The Bertz CT molecular complexity index is 1500. The fourth-order valence-corrected chi connectivity index (χ4v) is 5.19. The van der Waals surface area contributed by atoms with Crippen molar-refractivity contribution in [3.8, 4) is 5.69 Å². The molecular weight excluding hydrogens is 516 g/mol. The first-order chi connectivity index (χ1) is 19.5. The number of piperazine rings is 1. The van der Waals surface area contributed by atoms with Gasteiger partial charge in [0, 0.05) is 68.8 Å². The minimum absolute atomic E-state index is 0.222. The zero-order valence-corrected chi connectivity index (χ0v) is 22.2. The van der Waals surface area contributed by atoms with Crippen LogP contribution in [0.3, 0.4) is 0 Å². The van der Waals surface area contributed by atoms with Crippen molar-refractivity contribution in [3.63, 3.8) is 0 Å². The summed E-state index contributed by atoms with van der Waals surface area (Å²) < 4.78 is 37.0. The molecular formula is C29H31F2N7O2. The smallest absolute Gasteiger partial charge is 0.259 e. The van der Waals surface area contributed by atoms with Crippen molar-refractivity contribution >= 4 is 28.6 Å². The van der Waals surface area contributed by atoms with Crippen LogP contribution < -0.4 is 10.6 Å². The maximum atomic E-state index is 15.1. The Balaban J connectivity index is 1.21. The highest BCUT2D eigenvalue weighted by Gasteiger charge is 2.26. The number of carbonyl (C=O) groups excluding carboxylic acids is 1.